The lowest BCUT2D eigenvalue weighted by Crippen LogP contribution is -2.43. The summed E-state index contributed by atoms with van der Waals surface area (Å²) in [5.74, 6) is -2.25. The van der Waals surface area contributed by atoms with Crippen molar-refractivity contribution in [2.45, 2.75) is 70.4 Å². The van der Waals surface area contributed by atoms with E-state index >= 15 is 0 Å². The van der Waals surface area contributed by atoms with Gasteiger partial charge in [-0.05, 0) is 12.8 Å². The molecule has 0 aliphatic heterocycles. The fraction of sp³-hybridized carbons (Fsp3) is 0.500. The van der Waals surface area contributed by atoms with Crippen molar-refractivity contribution < 1.29 is 43.4 Å². The van der Waals surface area contributed by atoms with Gasteiger partial charge < -0.3 is 25.5 Å². The first-order chi connectivity index (χ1) is 18.7. The third kappa shape index (κ3) is 24.2. The number of phosphoric ester groups is 1. The highest BCUT2D eigenvalue weighted by Gasteiger charge is 2.28. The van der Waals surface area contributed by atoms with Gasteiger partial charge in [-0.3, -0.25) is 13.8 Å². The number of unbranched alkanes of at least 4 members (excludes halogenated alkanes) is 7. The van der Waals surface area contributed by atoms with E-state index in [4.69, 9.17) is 15.3 Å². The Bertz CT molecular complexity index is 893. The minimum Gasteiger partial charge on any atom is -0.480 e. The fourth-order valence-corrected chi connectivity index (χ4v) is 3.66. The van der Waals surface area contributed by atoms with E-state index in [0.29, 0.717) is 0 Å². The summed E-state index contributed by atoms with van der Waals surface area (Å²) in [6, 6.07) is -1.62. The van der Waals surface area contributed by atoms with Gasteiger partial charge in [0, 0.05) is 6.08 Å². The van der Waals surface area contributed by atoms with Crippen LogP contribution in [0.5, 0.6) is 0 Å². The molecule has 11 heteroatoms. The lowest BCUT2D eigenvalue weighted by molar-refractivity contribution is -0.142. The van der Waals surface area contributed by atoms with Gasteiger partial charge in [0.1, 0.15) is 6.10 Å². The molecular weight excluding hydrogens is 525 g/mol. The van der Waals surface area contributed by atoms with E-state index in [1.54, 1.807) is 18.2 Å². The standard InChI is InChI=1S/C28H44NO9P/c1-2-3-4-5-6-7-8-9-10-11-12-13-14-15-16-17-18-19-20-21-27(32)29-26(28(33)34)24-38-39(35,36)37-23-25(31)22-30/h10-21,25-26,30-31H,2-9,22-24H2,1H3,(H,29,32)(H,33,34)(H,35,36). The van der Waals surface area contributed by atoms with Gasteiger partial charge in [-0.1, -0.05) is 112 Å². The van der Waals surface area contributed by atoms with Crippen LogP contribution in [0.2, 0.25) is 0 Å². The molecule has 0 heterocycles. The molecule has 0 rings (SSSR count). The molecule has 10 nitrogen and oxygen atoms in total. The van der Waals surface area contributed by atoms with Crippen LogP contribution in [0.1, 0.15) is 58.3 Å². The maximum absolute atomic E-state index is 11.9. The SMILES string of the molecule is CCCCCCCCCC=CC=CC=CC=CC=CC=CC(=O)NC(COP(=O)(O)OCC(O)CO)C(=O)O. The molecule has 0 saturated carbocycles. The van der Waals surface area contributed by atoms with E-state index in [1.807, 2.05) is 36.5 Å². The van der Waals surface area contributed by atoms with Crippen molar-refractivity contribution >= 4 is 19.7 Å². The Morgan fingerprint density at radius 2 is 1.33 bits per heavy atom. The van der Waals surface area contributed by atoms with Gasteiger partial charge in [-0.25, -0.2) is 9.36 Å². The highest BCUT2D eigenvalue weighted by molar-refractivity contribution is 7.47. The maximum Gasteiger partial charge on any atom is 0.472 e. The Balaban J connectivity index is 4.22. The summed E-state index contributed by atoms with van der Waals surface area (Å²) >= 11 is 0. The second kappa shape index (κ2) is 24.5. The number of allylic oxidation sites excluding steroid dienone is 11. The Morgan fingerprint density at radius 1 is 0.821 bits per heavy atom. The molecule has 0 radical (unpaired) electrons. The number of aliphatic hydroxyl groups excluding tert-OH is 2. The summed E-state index contributed by atoms with van der Waals surface area (Å²) in [4.78, 5) is 32.6. The molecule has 0 aromatic heterocycles. The first-order valence-electron chi connectivity index (χ1n) is 13.2. The summed E-state index contributed by atoms with van der Waals surface area (Å²) in [7, 11) is -4.69. The van der Waals surface area contributed by atoms with Crippen LogP contribution in [0, 0.1) is 0 Å². The van der Waals surface area contributed by atoms with Crippen LogP contribution in [-0.4, -0.2) is 64.1 Å². The number of phosphoric acid groups is 1. The predicted octanol–water partition coefficient (Wildman–Crippen LogP) is 4.52. The molecule has 0 fully saturated rings. The lowest BCUT2D eigenvalue weighted by atomic mass is 10.1. The molecular formula is C28H44NO9P. The van der Waals surface area contributed by atoms with Crippen LogP contribution in [0.15, 0.2) is 72.9 Å². The number of carboxylic acid groups (broad SMARTS) is 1. The number of amides is 1. The van der Waals surface area contributed by atoms with Gasteiger partial charge >= 0.3 is 13.8 Å². The predicted molar refractivity (Wildman–Crippen MR) is 152 cm³/mol. The number of rotatable bonds is 23. The van der Waals surface area contributed by atoms with E-state index in [1.165, 1.54) is 51.0 Å². The molecule has 5 N–H and O–H groups in total. The van der Waals surface area contributed by atoms with Crippen molar-refractivity contribution in [1.29, 1.82) is 0 Å². The number of carbonyl (C=O) groups excluding carboxylic acids is 1. The summed E-state index contributed by atoms with van der Waals surface area (Å²) in [6.07, 6.45) is 30.0. The smallest absolute Gasteiger partial charge is 0.472 e. The summed E-state index contributed by atoms with van der Waals surface area (Å²) < 4.78 is 20.6. The molecule has 220 valence electrons. The number of hydrogen-bond acceptors (Lipinski definition) is 7. The molecule has 3 unspecified atom stereocenters. The molecule has 3 atom stereocenters. The van der Waals surface area contributed by atoms with E-state index in [-0.39, 0.29) is 0 Å². The minimum absolute atomic E-state index is 0.693. The molecule has 0 aromatic rings. The largest absolute Gasteiger partial charge is 0.480 e. The first kappa shape index (κ1) is 36.4. The quantitative estimate of drug-likeness (QED) is 0.0515. The van der Waals surface area contributed by atoms with Crippen LogP contribution < -0.4 is 5.32 Å². The van der Waals surface area contributed by atoms with Crippen LogP contribution in [0.4, 0.5) is 0 Å². The average Bonchev–Trinajstić information content (AvgIpc) is 2.90. The third-order valence-electron chi connectivity index (χ3n) is 5.02. The van der Waals surface area contributed by atoms with Crippen molar-refractivity contribution in [2.75, 3.05) is 19.8 Å². The van der Waals surface area contributed by atoms with Gasteiger partial charge in [0.25, 0.3) is 0 Å². The summed E-state index contributed by atoms with van der Waals surface area (Å²) in [5.41, 5.74) is 0. The first-order valence-corrected chi connectivity index (χ1v) is 14.6. The number of carbonyl (C=O) groups is 2. The summed E-state index contributed by atoms with van der Waals surface area (Å²) in [5, 5.41) is 29.1. The van der Waals surface area contributed by atoms with E-state index < -0.39 is 51.7 Å². The van der Waals surface area contributed by atoms with E-state index in [2.05, 4.69) is 27.4 Å². The Hall–Kier alpha value is -2.59. The van der Waals surface area contributed by atoms with Gasteiger partial charge in [0.05, 0.1) is 19.8 Å². The lowest BCUT2D eigenvalue weighted by Gasteiger charge is -2.17. The number of aliphatic carboxylic acids is 1. The maximum atomic E-state index is 11.9. The second-order valence-electron chi connectivity index (χ2n) is 8.53. The van der Waals surface area contributed by atoms with Crippen molar-refractivity contribution in [2.24, 2.45) is 0 Å². The number of carboxylic acids is 1. The zero-order chi connectivity index (χ0) is 29.2. The van der Waals surface area contributed by atoms with Gasteiger partial charge in [0.2, 0.25) is 5.91 Å². The van der Waals surface area contributed by atoms with Crippen molar-refractivity contribution in [1.82, 2.24) is 5.32 Å². The molecule has 0 aliphatic carbocycles. The van der Waals surface area contributed by atoms with Crippen molar-refractivity contribution in [3.8, 4) is 0 Å². The molecule has 0 spiro atoms. The zero-order valence-electron chi connectivity index (χ0n) is 22.6. The van der Waals surface area contributed by atoms with Crippen LogP contribution in [0.25, 0.3) is 0 Å². The normalized spacial score (nSPS) is 15.8. The fourth-order valence-electron chi connectivity index (χ4n) is 2.88. The average molecular weight is 570 g/mol. The molecule has 0 aromatic carbocycles. The zero-order valence-corrected chi connectivity index (χ0v) is 23.5. The summed E-state index contributed by atoms with van der Waals surface area (Å²) in [6.45, 7) is -0.0178. The van der Waals surface area contributed by atoms with Crippen molar-refractivity contribution in [3.05, 3.63) is 72.9 Å². The third-order valence-corrected chi connectivity index (χ3v) is 5.97. The van der Waals surface area contributed by atoms with E-state index in [9.17, 15) is 19.0 Å². The molecule has 39 heavy (non-hydrogen) atoms. The molecule has 0 aliphatic rings. The van der Waals surface area contributed by atoms with Gasteiger partial charge in [-0.2, -0.15) is 0 Å². The minimum atomic E-state index is -4.69. The second-order valence-corrected chi connectivity index (χ2v) is 9.99. The van der Waals surface area contributed by atoms with E-state index in [0.717, 1.165) is 12.5 Å². The van der Waals surface area contributed by atoms with Gasteiger partial charge in [0.15, 0.2) is 6.04 Å². The number of aliphatic hydroxyl groups is 2. The number of hydrogen-bond donors (Lipinski definition) is 5. The Kier molecular flexibility index (Phi) is 22.8. The Labute approximate surface area is 231 Å². The van der Waals surface area contributed by atoms with Crippen LogP contribution >= 0.6 is 7.82 Å². The monoisotopic (exact) mass is 569 g/mol. The van der Waals surface area contributed by atoms with Crippen LogP contribution in [-0.2, 0) is 23.2 Å². The van der Waals surface area contributed by atoms with Crippen molar-refractivity contribution in [3.63, 3.8) is 0 Å². The molecule has 1 amide bonds. The Morgan fingerprint density at radius 3 is 1.90 bits per heavy atom. The van der Waals surface area contributed by atoms with Gasteiger partial charge in [-0.15, -0.1) is 0 Å². The highest BCUT2D eigenvalue weighted by Crippen LogP contribution is 2.43. The number of nitrogens with one attached hydrogen (secondary N) is 1. The molecule has 0 saturated heterocycles. The molecule has 0 bridgehead atoms. The van der Waals surface area contributed by atoms with Crippen LogP contribution in [0.3, 0.4) is 0 Å². The topological polar surface area (TPSA) is 163 Å². The highest BCUT2D eigenvalue weighted by atomic mass is 31.2.